The SMILES string of the molecule is CCC(CC)N(C)CC(C#N)(NC(C)C)c1ccccc1. The average Bonchev–Trinajstić information content (AvgIpc) is 2.48. The Balaban J connectivity index is 3.11. The zero-order chi connectivity index (χ0) is 15.9. The largest absolute Gasteiger partial charge is 0.300 e. The maximum atomic E-state index is 9.92. The second-order valence-electron chi connectivity index (χ2n) is 6.07. The van der Waals surface area contributed by atoms with Gasteiger partial charge >= 0.3 is 0 Å². The standard InChI is InChI=1S/C18H29N3/c1-6-17(7-2)21(5)14-18(13-19,20-15(3)4)16-11-9-8-10-12-16/h8-12,15,17,20H,6-7,14H2,1-5H3. The molecule has 3 heteroatoms. The highest BCUT2D eigenvalue weighted by Gasteiger charge is 2.35. The molecule has 0 amide bonds. The van der Waals surface area contributed by atoms with Crippen LogP contribution in [0.5, 0.6) is 0 Å². The van der Waals surface area contributed by atoms with E-state index in [0.29, 0.717) is 12.6 Å². The average molecular weight is 287 g/mol. The van der Waals surface area contributed by atoms with E-state index in [1.807, 2.05) is 30.3 Å². The van der Waals surface area contributed by atoms with Crippen molar-refractivity contribution in [2.45, 2.75) is 58.2 Å². The third kappa shape index (κ3) is 4.56. The van der Waals surface area contributed by atoms with Gasteiger partial charge in [0.15, 0.2) is 0 Å². The lowest BCUT2D eigenvalue weighted by Crippen LogP contribution is -2.53. The predicted octanol–water partition coefficient (Wildman–Crippen LogP) is 3.52. The first kappa shape index (κ1) is 17.7. The molecule has 0 aromatic heterocycles. The summed E-state index contributed by atoms with van der Waals surface area (Å²) in [6.45, 7) is 9.28. The maximum absolute atomic E-state index is 9.92. The predicted molar refractivity (Wildman–Crippen MR) is 89.0 cm³/mol. The summed E-state index contributed by atoms with van der Waals surface area (Å²) in [6.07, 6.45) is 2.20. The van der Waals surface area contributed by atoms with Crippen molar-refractivity contribution in [3.05, 3.63) is 35.9 Å². The van der Waals surface area contributed by atoms with E-state index >= 15 is 0 Å². The molecule has 0 bridgehead atoms. The van der Waals surface area contributed by atoms with Crippen molar-refractivity contribution >= 4 is 0 Å². The molecule has 0 saturated heterocycles. The minimum Gasteiger partial charge on any atom is -0.300 e. The highest BCUT2D eigenvalue weighted by atomic mass is 15.2. The lowest BCUT2D eigenvalue weighted by molar-refractivity contribution is 0.176. The molecule has 0 fully saturated rings. The second-order valence-corrected chi connectivity index (χ2v) is 6.07. The van der Waals surface area contributed by atoms with Crippen molar-refractivity contribution in [3.8, 4) is 6.07 Å². The summed E-state index contributed by atoms with van der Waals surface area (Å²) < 4.78 is 0. The normalized spacial score (nSPS) is 14.4. The van der Waals surface area contributed by atoms with Gasteiger partial charge in [-0.15, -0.1) is 0 Å². The van der Waals surface area contributed by atoms with Gasteiger partial charge in [0.1, 0.15) is 5.54 Å². The minimum absolute atomic E-state index is 0.250. The summed E-state index contributed by atoms with van der Waals surface area (Å²) in [5.74, 6) is 0. The molecule has 0 radical (unpaired) electrons. The van der Waals surface area contributed by atoms with Crippen LogP contribution < -0.4 is 5.32 Å². The molecule has 0 aliphatic heterocycles. The molecule has 1 aromatic carbocycles. The zero-order valence-corrected chi connectivity index (χ0v) is 14.1. The van der Waals surface area contributed by atoms with E-state index in [9.17, 15) is 5.26 Å². The molecule has 1 aromatic rings. The number of nitrogens with one attached hydrogen (secondary N) is 1. The highest BCUT2D eigenvalue weighted by Crippen LogP contribution is 2.24. The van der Waals surface area contributed by atoms with Gasteiger partial charge in [-0.2, -0.15) is 5.26 Å². The molecular weight excluding hydrogens is 258 g/mol. The molecule has 0 spiro atoms. The van der Waals surface area contributed by atoms with E-state index in [-0.39, 0.29) is 6.04 Å². The van der Waals surface area contributed by atoms with Crippen LogP contribution in [0.2, 0.25) is 0 Å². The van der Waals surface area contributed by atoms with Gasteiger partial charge in [0, 0.05) is 18.6 Å². The number of benzene rings is 1. The molecule has 1 rings (SSSR count). The molecule has 116 valence electrons. The molecule has 21 heavy (non-hydrogen) atoms. The van der Waals surface area contributed by atoms with Crippen LogP contribution in [-0.4, -0.2) is 30.6 Å². The first-order valence-electron chi connectivity index (χ1n) is 7.93. The van der Waals surface area contributed by atoms with Gasteiger partial charge < -0.3 is 4.90 Å². The Labute approximate surface area is 130 Å². The molecule has 0 saturated carbocycles. The first-order chi connectivity index (χ1) is 9.99. The quantitative estimate of drug-likeness (QED) is 0.795. The number of rotatable bonds is 8. The molecule has 1 atom stereocenters. The highest BCUT2D eigenvalue weighted by molar-refractivity contribution is 5.32. The third-order valence-electron chi connectivity index (χ3n) is 4.04. The third-order valence-corrected chi connectivity index (χ3v) is 4.04. The van der Waals surface area contributed by atoms with E-state index in [1.165, 1.54) is 0 Å². The number of likely N-dealkylation sites (N-methyl/N-ethyl adjacent to an activating group) is 1. The van der Waals surface area contributed by atoms with Crippen LogP contribution in [0.4, 0.5) is 0 Å². The van der Waals surface area contributed by atoms with Crippen molar-refractivity contribution in [2.24, 2.45) is 0 Å². The van der Waals surface area contributed by atoms with E-state index in [0.717, 1.165) is 18.4 Å². The van der Waals surface area contributed by atoms with Crippen molar-refractivity contribution in [1.82, 2.24) is 10.2 Å². The van der Waals surface area contributed by atoms with Gasteiger partial charge in [-0.25, -0.2) is 0 Å². The van der Waals surface area contributed by atoms with Crippen LogP contribution >= 0.6 is 0 Å². The topological polar surface area (TPSA) is 39.1 Å². The Bertz CT molecular complexity index is 445. The Hall–Kier alpha value is -1.37. The second kappa shape index (κ2) is 8.17. The fraction of sp³-hybridized carbons (Fsp3) is 0.611. The molecule has 0 heterocycles. The Kier molecular flexibility index (Phi) is 6.87. The molecular formula is C18H29N3. The van der Waals surface area contributed by atoms with Gasteiger partial charge in [-0.1, -0.05) is 44.2 Å². The van der Waals surface area contributed by atoms with Crippen LogP contribution in [0, 0.1) is 11.3 Å². The lowest BCUT2D eigenvalue weighted by atomic mass is 9.89. The molecule has 1 N–H and O–H groups in total. The van der Waals surface area contributed by atoms with E-state index in [2.05, 4.69) is 51.0 Å². The fourth-order valence-corrected chi connectivity index (χ4v) is 2.98. The smallest absolute Gasteiger partial charge is 0.145 e. The summed E-state index contributed by atoms with van der Waals surface area (Å²) in [7, 11) is 2.12. The monoisotopic (exact) mass is 287 g/mol. The van der Waals surface area contributed by atoms with Gasteiger partial charge in [0.05, 0.1) is 6.07 Å². The first-order valence-corrected chi connectivity index (χ1v) is 7.93. The van der Waals surface area contributed by atoms with Crippen molar-refractivity contribution in [2.75, 3.05) is 13.6 Å². The number of hydrogen-bond acceptors (Lipinski definition) is 3. The van der Waals surface area contributed by atoms with Gasteiger partial charge in [0.2, 0.25) is 0 Å². The number of nitrogens with zero attached hydrogens (tertiary/aromatic N) is 2. The molecule has 0 aliphatic rings. The number of hydrogen-bond donors (Lipinski definition) is 1. The fourth-order valence-electron chi connectivity index (χ4n) is 2.98. The Morgan fingerprint density at radius 3 is 2.19 bits per heavy atom. The Morgan fingerprint density at radius 2 is 1.76 bits per heavy atom. The zero-order valence-electron chi connectivity index (χ0n) is 14.1. The van der Waals surface area contributed by atoms with Crippen molar-refractivity contribution in [3.63, 3.8) is 0 Å². The van der Waals surface area contributed by atoms with Crippen molar-refractivity contribution in [1.29, 1.82) is 5.26 Å². The van der Waals surface area contributed by atoms with Crippen molar-refractivity contribution < 1.29 is 0 Å². The minimum atomic E-state index is -0.660. The van der Waals surface area contributed by atoms with E-state index in [1.54, 1.807) is 0 Å². The van der Waals surface area contributed by atoms with Gasteiger partial charge in [-0.3, -0.25) is 5.32 Å². The molecule has 1 unspecified atom stereocenters. The molecule has 3 nitrogen and oxygen atoms in total. The van der Waals surface area contributed by atoms with Crippen LogP contribution in [-0.2, 0) is 5.54 Å². The van der Waals surface area contributed by atoms with Crippen LogP contribution in [0.15, 0.2) is 30.3 Å². The summed E-state index contributed by atoms with van der Waals surface area (Å²) in [5, 5.41) is 13.4. The van der Waals surface area contributed by atoms with Crippen LogP contribution in [0.25, 0.3) is 0 Å². The van der Waals surface area contributed by atoms with Crippen LogP contribution in [0.3, 0.4) is 0 Å². The maximum Gasteiger partial charge on any atom is 0.145 e. The van der Waals surface area contributed by atoms with E-state index in [4.69, 9.17) is 0 Å². The van der Waals surface area contributed by atoms with Gasteiger partial charge in [-0.05, 0) is 39.3 Å². The summed E-state index contributed by atoms with van der Waals surface area (Å²) >= 11 is 0. The summed E-state index contributed by atoms with van der Waals surface area (Å²) in [5.41, 5.74) is 0.381. The van der Waals surface area contributed by atoms with Gasteiger partial charge in [0.25, 0.3) is 0 Å². The summed E-state index contributed by atoms with van der Waals surface area (Å²) in [4.78, 5) is 2.31. The number of nitriles is 1. The van der Waals surface area contributed by atoms with E-state index < -0.39 is 5.54 Å². The Morgan fingerprint density at radius 1 is 1.19 bits per heavy atom. The van der Waals surface area contributed by atoms with Crippen LogP contribution in [0.1, 0.15) is 46.1 Å². The molecule has 0 aliphatic carbocycles. The lowest BCUT2D eigenvalue weighted by Gasteiger charge is -2.37. The summed E-state index contributed by atoms with van der Waals surface area (Å²) in [6, 6.07) is 13.4.